The van der Waals surface area contributed by atoms with Gasteiger partial charge in [-0.15, -0.1) is 0 Å². The highest BCUT2D eigenvalue weighted by atomic mass is 15.1. The highest BCUT2D eigenvalue weighted by Crippen LogP contribution is 2.20. The number of nitrogens with two attached hydrogens (primary N) is 1. The molecule has 5 nitrogen and oxygen atoms in total. The van der Waals surface area contributed by atoms with E-state index in [1.54, 1.807) is 0 Å². The van der Waals surface area contributed by atoms with Gasteiger partial charge in [0.2, 0.25) is 0 Å². The fraction of sp³-hybridized carbons (Fsp3) is 0.714. The number of hydrogen-bond acceptors (Lipinski definition) is 5. The largest absolute Gasteiger partial charge is 0.383 e. The Balaban J connectivity index is 2.86. The third kappa shape index (κ3) is 5.03. The maximum Gasteiger partial charge on any atom is 0.134 e. The first-order chi connectivity index (χ1) is 8.93. The molecule has 5 heteroatoms. The van der Waals surface area contributed by atoms with E-state index < -0.39 is 0 Å². The van der Waals surface area contributed by atoms with Crippen molar-refractivity contribution >= 4 is 11.6 Å². The molecule has 0 aliphatic carbocycles. The van der Waals surface area contributed by atoms with Gasteiger partial charge in [-0.1, -0.05) is 20.8 Å². The molecule has 1 aromatic heterocycles. The highest BCUT2D eigenvalue weighted by molar-refractivity contribution is 5.55. The van der Waals surface area contributed by atoms with Crippen LogP contribution in [0.25, 0.3) is 0 Å². The quantitative estimate of drug-likeness (QED) is 0.789. The second-order valence-electron chi connectivity index (χ2n) is 5.67. The first kappa shape index (κ1) is 15.7. The number of anilines is 2. The number of hydrogen-bond donors (Lipinski definition) is 2. The summed E-state index contributed by atoms with van der Waals surface area (Å²) in [4.78, 5) is 10.6. The first-order valence-electron chi connectivity index (χ1n) is 6.94. The van der Waals surface area contributed by atoms with Crippen LogP contribution in [0.5, 0.6) is 0 Å². The summed E-state index contributed by atoms with van der Waals surface area (Å²) in [6, 6.07) is 0.370. The van der Waals surface area contributed by atoms with E-state index in [-0.39, 0.29) is 0 Å². The number of nitrogens with zero attached hydrogens (tertiary/aromatic N) is 3. The number of aromatic nitrogens is 2. The van der Waals surface area contributed by atoms with Crippen molar-refractivity contribution < 1.29 is 0 Å². The lowest BCUT2D eigenvalue weighted by Gasteiger charge is -2.25. The minimum Gasteiger partial charge on any atom is -0.383 e. The molecule has 0 fully saturated rings. The fourth-order valence-corrected chi connectivity index (χ4v) is 2.28. The van der Waals surface area contributed by atoms with Crippen LogP contribution in [0.4, 0.5) is 11.6 Å². The summed E-state index contributed by atoms with van der Waals surface area (Å²) in [5.41, 5.74) is 6.92. The van der Waals surface area contributed by atoms with Gasteiger partial charge >= 0.3 is 0 Å². The summed E-state index contributed by atoms with van der Waals surface area (Å²) in [7, 11) is 4.17. The summed E-state index contributed by atoms with van der Waals surface area (Å²) in [6.07, 6.45) is 3.47. The molecular weight excluding hydrogens is 238 g/mol. The number of nitrogens with one attached hydrogen (secondary N) is 1. The maximum absolute atomic E-state index is 5.91. The summed E-state index contributed by atoms with van der Waals surface area (Å²) < 4.78 is 0. The van der Waals surface area contributed by atoms with Gasteiger partial charge in [-0.05, 0) is 32.9 Å². The van der Waals surface area contributed by atoms with Gasteiger partial charge in [-0.3, -0.25) is 0 Å². The van der Waals surface area contributed by atoms with E-state index in [0.717, 1.165) is 30.8 Å². The Labute approximate surface area is 116 Å². The molecule has 0 bridgehead atoms. The van der Waals surface area contributed by atoms with Crippen LogP contribution < -0.4 is 11.1 Å². The van der Waals surface area contributed by atoms with Gasteiger partial charge in [0.05, 0.1) is 0 Å². The lowest BCUT2D eigenvalue weighted by molar-refractivity contribution is 0.356. The zero-order valence-electron chi connectivity index (χ0n) is 12.8. The van der Waals surface area contributed by atoms with E-state index in [0.29, 0.717) is 17.8 Å². The predicted octanol–water partition coefficient (Wildman–Crippen LogP) is 2.01. The fourth-order valence-electron chi connectivity index (χ4n) is 2.28. The zero-order valence-corrected chi connectivity index (χ0v) is 12.8. The Morgan fingerprint density at radius 2 is 2.00 bits per heavy atom. The van der Waals surface area contributed by atoms with Gasteiger partial charge in [0.25, 0.3) is 0 Å². The molecule has 0 amide bonds. The van der Waals surface area contributed by atoms with E-state index in [2.05, 4.69) is 55.1 Å². The van der Waals surface area contributed by atoms with E-state index in [1.165, 1.54) is 6.33 Å². The topological polar surface area (TPSA) is 67.1 Å². The van der Waals surface area contributed by atoms with Gasteiger partial charge in [0, 0.05) is 18.2 Å². The van der Waals surface area contributed by atoms with Crippen molar-refractivity contribution in [2.45, 2.75) is 39.7 Å². The molecule has 1 aromatic rings. The molecule has 1 rings (SSSR count). The summed E-state index contributed by atoms with van der Waals surface area (Å²) in [6.45, 7) is 7.52. The molecule has 1 atom stereocenters. The summed E-state index contributed by atoms with van der Waals surface area (Å²) in [5, 5.41) is 3.53. The molecule has 0 aromatic carbocycles. The van der Waals surface area contributed by atoms with Crippen LogP contribution in [0.15, 0.2) is 6.33 Å². The minimum absolute atomic E-state index is 0.370. The third-order valence-corrected chi connectivity index (χ3v) is 3.01. The molecule has 0 spiro atoms. The van der Waals surface area contributed by atoms with Gasteiger partial charge in [-0.2, -0.15) is 0 Å². The van der Waals surface area contributed by atoms with Crippen molar-refractivity contribution in [2.75, 3.05) is 31.7 Å². The molecule has 0 saturated carbocycles. The molecule has 0 aliphatic rings. The number of nitrogen functional groups attached to an aromatic ring is 1. The van der Waals surface area contributed by atoms with Crippen molar-refractivity contribution in [3.8, 4) is 0 Å². The SMILES string of the molecule is CCc1c(N)ncnc1NC(CC(C)C)CN(C)C. The maximum atomic E-state index is 5.91. The van der Waals surface area contributed by atoms with Crippen molar-refractivity contribution in [3.63, 3.8) is 0 Å². The Kier molecular flexibility index (Phi) is 6.02. The van der Waals surface area contributed by atoms with Crippen LogP contribution in [0.2, 0.25) is 0 Å². The van der Waals surface area contributed by atoms with Crippen LogP contribution >= 0.6 is 0 Å². The highest BCUT2D eigenvalue weighted by Gasteiger charge is 2.15. The average Bonchev–Trinajstić information content (AvgIpc) is 2.27. The van der Waals surface area contributed by atoms with Crippen LogP contribution in [0.1, 0.15) is 32.8 Å². The standard InChI is InChI=1S/C14H27N5/c1-6-12-13(15)16-9-17-14(12)18-11(7-10(2)3)8-19(4)5/h9-11H,6-8H2,1-5H3,(H3,15,16,17,18). The van der Waals surface area contributed by atoms with Crippen LogP contribution in [0.3, 0.4) is 0 Å². The van der Waals surface area contributed by atoms with E-state index in [4.69, 9.17) is 5.73 Å². The first-order valence-corrected chi connectivity index (χ1v) is 6.94. The summed E-state index contributed by atoms with van der Waals surface area (Å²) >= 11 is 0. The molecule has 0 aliphatic heterocycles. The molecule has 19 heavy (non-hydrogen) atoms. The number of likely N-dealkylation sites (N-methyl/N-ethyl adjacent to an activating group) is 1. The smallest absolute Gasteiger partial charge is 0.134 e. The Morgan fingerprint density at radius 1 is 1.32 bits per heavy atom. The van der Waals surface area contributed by atoms with Crippen molar-refractivity contribution in [1.82, 2.24) is 14.9 Å². The number of rotatable bonds is 7. The monoisotopic (exact) mass is 265 g/mol. The molecule has 0 saturated heterocycles. The second kappa shape index (κ2) is 7.28. The normalized spacial score (nSPS) is 13.0. The summed E-state index contributed by atoms with van der Waals surface area (Å²) in [5.74, 6) is 2.09. The van der Waals surface area contributed by atoms with Gasteiger partial charge < -0.3 is 16.0 Å². The molecule has 108 valence electrons. The van der Waals surface area contributed by atoms with E-state index in [1.807, 2.05) is 0 Å². The lowest BCUT2D eigenvalue weighted by atomic mass is 10.0. The van der Waals surface area contributed by atoms with E-state index in [9.17, 15) is 0 Å². The zero-order chi connectivity index (χ0) is 14.4. The molecule has 1 unspecified atom stereocenters. The lowest BCUT2D eigenvalue weighted by Crippen LogP contribution is -2.34. The minimum atomic E-state index is 0.370. The van der Waals surface area contributed by atoms with Gasteiger partial charge in [0.15, 0.2) is 0 Å². The third-order valence-electron chi connectivity index (χ3n) is 3.01. The predicted molar refractivity (Wildman–Crippen MR) is 81.2 cm³/mol. The Morgan fingerprint density at radius 3 is 2.53 bits per heavy atom. The van der Waals surface area contributed by atoms with Crippen molar-refractivity contribution in [3.05, 3.63) is 11.9 Å². The molecule has 3 N–H and O–H groups in total. The van der Waals surface area contributed by atoms with Crippen molar-refractivity contribution in [1.29, 1.82) is 0 Å². The van der Waals surface area contributed by atoms with Gasteiger partial charge in [-0.25, -0.2) is 9.97 Å². The molecule has 0 radical (unpaired) electrons. The Bertz CT molecular complexity index is 379. The van der Waals surface area contributed by atoms with Crippen molar-refractivity contribution in [2.24, 2.45) is 5.92 Å². The second-order valence-corrected chi connectivity index (χ2v) is 5.67. The van der Waals surface area contributed by atoms with Crippen LogP contribution in [-0.4, -0.2) is 41.5 Å². The molecule has 1 heterocycles. The van der Waals surface area contributed by atoms with Gasteiger partial charge in [0.1, 0.15) is 18.0 Å². The van der Waals surface area contributed by atoms with E-state index >= 15 is 0 Å². The Hall–Kier alpha value is -1.36. The molecular formula is C14H27N5. The van der Waals surface area contributed by atoms with Crippen LogP contribution in [0, 0.1) is 5.92 Å². The average molecular weight is 265 g/mol. The van der Waals surface area contributed by atoms with Crippen LogP contribution in [-0.2, 0) is 6.42 Å².